The monoisotopic (exact) mass is 371 g/mol. The number of carboxylic acids is 1. The van der Waals surface area contributed by atoms with Gasteiger partial charge in [0.25, 0.3) is 5.82 Å². The Morgan fingerprint density at radius 3 is 2.52 bits per heavy atom. The van der Waals surface area contributed by atoms with Gasteiger partial charge in [-0.25, -0.2) is 14.5 Å². The third-order valence-corrected chi connectivity index (χ3v) is 3.97. The van der Waals surface area contributed by atoms with E-state index in [4.69, 9.17) is 16.7 Å². The van der Waals surface area contributed by atoms with Crippen molar-refractivity contribution < 1.29 is 9.90 Å². The van der Waals surface area contributed by atoms with Crippen LogP contribution in [0.4, 0.5) is 0 Å². The van der Waals surface area contributed by atoms with E-state index in [9.17, 15) is 4.79 Å². The van der Waals surface area contributed by atoms with Gasteiger partial charge < -0.3 is 5.11 Å². The van der Waals surface area contributed by atoms with Crippen LogP contribution in [0.15, 0.2) is 16.6 Å². The second-order valence-corrected chi connectivity index (χ2v) is 7.04. The first-order chi connectivity index (χ1) is 9.61. The molecule has 21 heavy (non-hydrogen) atoms. The Kier molecular flexibility index (Phi) is 4.13. The Morgan fingerprint density at radius 2 is 2.00 bits per heavy atom. The van der Waals surface area contributed by atoms with Crippen molar-refractivity contribution >= 4 is 33.5 Å². The van der Waals surface area contributed by atoms with Crippen molar-refractivity contribution in [1.82, 2.24) is 14.8 Å². The molecule has 0 bridgehead atoms. The summed E-state index contributed by atoms with van der Waals surface area (Å²) in [7, 11) is 0. The van der Waals surface area contributed by atoms with Gasteiger partial charge in [-0.2, -0.15) is 0 Å². The summed E-state index contributed by atoms with van der Waals surface area (Å²) in [5.41, 5.74) is 1.22. The molecule has 0 atom stereocenters. The normalized spacial score (nSPS) is 11.7. The van der Waals surface area contributed by atoms with Gasteiger partial charge in [0, 0.05) is 14.9 Å². The van der Waals surface area contributed by atoms with E-state index in [1.165, 1.54) is 4.68 Å². The molecule has 0 fully saturated rings. The van der Waals surface area contributed by atoms with Crippen molar-refractivity contribution in [3.63, 3.8) is 0 Å². The standard InChI is InChI=1S/C14H15BrClN3O2/c1-7-5-8(15)10(6-9(7)16)19-13(14(2,3)4)17-11(18-19)12(20)21/h5-6H,1-4H3,(H,20,21). The average Bonchev–Trinajstić information content (AvgIpc) is 2.78. The number of halogens is 2. The SMILES string of the molecule is Cc1cc(Br)c(-n2nc(C(=O)O)nc2C(C)(C)C)cc1Cl. The highest BCUT2D eigenvalue weighted by molar-refractivity contribution is 9.10. The fourth-order valence-electron chi connectivity index (χ4n) is 1.85. The summed E-state index contributed by atoms with van der Waals surface area (Å²) in [6.07, 6.45) is 0. The maximum atomic E-state index is 11.2. The summed E-state index contributed by atoms with van der Waals surface area (Å²) < 4.78 is 2.30. The third kappa shape index (κ3) is 3.11. The number of carbonyl (C=O) groups is 1. The molecule has 5 nitrogen and oxygen atoms in total. The van der Waals surface area contributed by atoms with Gasteiger partial charge in [0.2, 0.25) is 0 Å². The lowest BCUT2D eigenvalue weighted by atomic mass is 9.95. The van der Waals surface area contributed by atoms with Crippen molar-refractivity contribution in [2.45, 2.75) is 33.1 Å². The Balaban J connectivity index is 2.74. The van der Waals surface area contributed by atoms with E-state index in [1.807, 2.05) is 33.8 Å². The molecule has 0 spiro atoms. The first-order valence-electron chi connectivity index (χ1n) is 6.28. The van der Waals surface area contributed by atoms with Crippen LogP contribution in [0.25, 0.3) is 5.69 Å². The van der Waals surface area contributed by atoms with E-state index in [-0.39, 0.29) is 11.2 Å². The number of benzene rings is 1. The molecule has 2 aromatic rings. The molecule has 7 heteroatoms. The van der Waals surface area contributed by atoms with Crippen molar-refractivity contribution in [1.29, 1.82) is 0 Å². The molecule has 0 aliphatic rings. The highest BCUT2D eigenvalue weighted by atomic mass is 79.9. The van der Waals surface area contributed by atoms with Crippen molar-refractivity contribution in [3.05, 3.63) is 38.8 Å². The molecule has 2 rings (SSSR count). The van der Waals surface area contributed by atoms with Crippen LogP contribution in [0, 0.1) is 6.92 Å². The number of nitrogens with zero attached hydrogens (tertiary/aromatic N) is 3. The van der Waals surface area contributed by atoms with Crippen LogP contribution >= 0.6 is 27.5 Å². The first-order valence-corrected chi connectivity index (χ1v) is 7.45. The lowest BCUT2D eigenvalue weighted by Gasteiger charge is -2.19. The van der Waals surface area contributed by atoms with E-state index < -0.39 is 5.97 Å². The second-order valence-electron chi connectivity index (χ2n) is 5.78. The van der Waals surface area contributed by atoms with Crippen molar-refractivity contribution in [3.8, 4) is 5.69 Å². The highest BCUT2D eigenvalue weighted by Gasteiger charge is 2.27. The minimum atomic E-state index is -1.16. The Hall–Kier alpha value is -1.40. The topological polar surface area (TPSA) is 68.0 Å². The summed E-state index contributed by atoms with van der Waals surface area (Å²) in [5, 5.41) is 13.8. The lowest BCUT2D eigenvalue weighted by molar-refractivity contribution is 0.0683. The van der Waals surface area contributed by atoms with Gasteiger partial charge in [0.1, 0.15) is 5.82 Å². The third-order valence-electron chi connectivity index (χ3n) is 2.93. The number of aromatic nitrogens is 3. The molecule has 0 aliphatic carbocycles. The molecule has 1 aromatic carbocycles. The average molecular weight is 373 g/mol. The summed E-state index contributed by atoms with van der Waals surface area (Å²) >= 11 is 9.64. The Labute approximate surface area is 136 Å². The summed E-state index contributed by atoms with van der Waals surface area (Å²) in [4.78, 5) is 15.3. The summed E-state index contributed by atoms with van der Waals surface area (Å²) in [5.74, 6) is -0.836. The molecule has 0 aliphatic heterocycles. The molecule has 0 saturated heterocycles. The number of carboxylic acid groups (broad SMARTS) is 1. The first kappa shape index (κ1) is 16.0. The minimum absolute atomic E-state index is 0.233. The number of hydrogen-bond donors (Lipinski definition) is 1. The molecule has 1 N–H and O–H groups in total. The molecular weight excluding hydrogens is 358 g/mol. The molecule has 1 heterocycles. The maximum Gasteiger partial charge on any atom is 0.375 e. The largest absolute Gasteiger partial charge is 0.475 e. The fourth-order valence-corrected chi connectivity index (χ4v) is 2.64. The number of aryl methyl sites for hydroxylation is 1. The van der Waals surface area contributed by atoms with Gasteiger partial charge in [0.05, 0.1) is 5.69 Å². The van der Waals surface area contributed by atoms with Gasteiger partial charge in [-0.3, -0.25) is 0 Å². The highest BCUT2D eigenvalue weighted by Crippen LogP contribution is 2.31. The number of hydrogen-bond acceptors (Lipinski definition) is 3. The van der Waals surface area contributed by atoms with Crippen LogP contribution in [-0.4, -0.2) is 25.8 Å². The molecule has 112 valence electrons. The predicted molar refractivity (Wildman–Crippen MR) is 84.5 cm³/mol. The fraction of sp³-hybridized carbons (Fsp3) is 0.357. The van der Waals surface area contributed by atoms with Gasteiger partial charge in [-0.15, -0.1) is 5.10 Å². The Bertz CT molecular complexity index is 720. The van der Waals surface area contributed by atoms with Gasteiger partial charge >= 0.3 is 5.97 Å². The van der Waals surface area contributed by atoms with E-state index >= 15 is 0 Å². The van der Waals surface area contributed by atoms with Crippen LogP contribution < -0.4 is 0 Å². The van der Waals surface area contributed by atoms with Crippen LogP contribution in [0.5, 0.6) is 0 Å². The van der Waals surface area contributed by atoms with Gasteiger partial charge in [-0.1, -0.05) is 32.4 Å². The van der Waals surface area contributed by atoms with E-state index in [0.29, 0.717) is 16.5 Å². The lowest BCUT2D eigenvalue weighted by Crippen LogP contribution is -2.19. The van der Waals surface area contributed by atoms with Gasteiger partial charge in [-0.05, 0) is 40.5 Å². The van der Waals surface area contributed by atoms with Crippen LogP contribution in [0.3, 0.4) is 0 Å². The molecule has 0 unspecified atom stereocenters. The van der Waals surface area contributed by atoms with Gasteiger partial charge in [0.15, 0.2) is 0 Å². The summed E-state index contributed by atoms with van der Waals surface area (Å²) in [6, 6.07) is 3.61. The smallest absolute Gasteiger partial charge is 0.375 e. The number of aromatic carboxylic acids is 1. The summed E-state index contributed by atoms with van der Waals surface area (Å²) in [6.45, 7) is 7.74. The predicted octanol–water partition coefficient (Wildman–Crippen LogP) is 3.99. The molecule has 0 amide bonds. The molecular formula is C14H15BrClN3O2. The molecule has 1 aromatic heterocycles. The zero-order valence-corrected chi connectivity index (χ0v) is 14.4. The van der Waals surface area contributed by atoms with E-state index in [2.05, 4.69) is 26.0 Å². The zero-order valence-electron chi connectivity index (χ0n) is 12.1. The second kappa shape index (κ2) is 5.42. The molecule has 0 radical (unpaired) electrons. The minimum Gasteiger partial charge on any atom is -0.475 e. The van der Waals surface area contributed by atoms with Crippen molar-refractivity contribution in [2.24, 2.45) is 0 Å². The quantitative estimate of drug-likeness (QED) is 0.865. The van der Waals surface area contributed by atoms with Crippen LogP contribution in [-0.2, 0) is 5.41 Å². The van der Waals surface area contributed by atoms with Crippen molar-refractivity contribution in [2.75, 3.05) is 0 Å². The van der Waals surface area contributed by atoms with Crippen LogP contribution in [0.2, 0.25) is 5.02 Å². The van der Waals surface area contributed by atoms with E-state index in [0.717, 1.165) is 10.0 Å². The maximum absolute atomic E-state index is 11.2. The molecule has 0 saturated carbocycles. The van der Waals surface area contributed by atoms with Crippen LogP contribution in [0.1, 0.15) is 42.8 Å². The van der Waals surface area contributed by atoms with E-state index in [1.54, 1.807) is 6.07 Å². The zero-order chi connectivity index (χ0) is 15.9. The Morgan fingerprint density at radius 1 is 1.38 bits per heavy atom. The number of rotatable bonds is 2.